The van der Waals surface area contributed by atoms with Crippen molar-refractivity contribution in [2.45, 2.75) is 44.8 Å². The lowest BCUT2D eigenvalue weighted by molar-refractivity contribution is -0.103. The Morgan fingerprint density at radius 3 is 2.81 bits per heavy atom. The minimum absolute atomic E-state index is 0.0172. The summed E-state index contributed by atoms with van der Waals surface area (Å²) in [6.45, 7) is 6.86. The molecule has 3 rings (SSSR count). The van der Waals surface area contributed by atoms with Crippen molar-refractivity contribution >= 4 is 0 Å². The van der Waals surface area contributed by atoms with Gasteiger partial charge in [0.15, 0.2) is 0 Å². The van der Waals surface area contributed by atoms with Gasteiger partial charge in [-0.1, -0.05) is 23.8 Å². The van der Waals surface area contributed by atoms with Crippen LogP contribution in [0.5, 0.6) is 0 Å². The van der Waals surface area contributed by atoms with Crippen LogP contribution < -0.4 is 5.32 Å². The van der Waals surface area contributed by atoms with E-state index in [1.54, 1.807) is 0 Å². The Hall–Kier alpha value is -0.900. The Bertz CT molecular complexity index is 494. The van der Waals surface area contributed by atoms with E-state index in [9.17, 15) is 0 Å². The first-order valence-electron chi connectivity index (χ1n) is 8.10. The summed E-state index contributed by atoms with van der Waals surface area (Å²) in [6, 6.07) is 7.21. The fraction of sp³-hybridized carbons (Fsp3) is 0.667. The molecule has 3 unspecified atom stereocenters. The van der Waals surface area contributed by atoms with Crippen LogP contribution in [0.1, 0.15) is 42.0 Å². The normalized spacial score (nSPS) is 30.7. The van der Waals surface area contributed by atoms with Crippen molar-refractivity contribution in [3.8, 4) is 0 Å². The molecule has 3 heteroatoms. The van der Waals surface area contributed by atoms with E-state index >= 15 is 0 Å². The van der Waals surface area contributed by atoms with E-state index in [0.29, 0.717) is 12.0 Å². The molecule has 1 aromatic carbocycles. The zero-order valence-corrected chi connectivity index (χ0v) is 13.4. The average Bonchev–Trinajstić information content (AvgIpc) is 2.90. The lowest BCUT2D eigenvalue weighted by Crippen LogP contribution is -2.43. The fourth-order valence-corrected chi connectivity index (χ4v) is 4.03. The molecule has 2 fully saturated rings. The molecule has 1 spiro atoms. The van der Waals surface area contributed by atoms with Crippen molar-refractivity contribution in [2.75, 3.05) is 26.9 Å². The number of hydrogen-bond donors (Lipinski definition) is 1. The molecule has 3 nitrogen and oxygen atoms in total. The number of benzene rings is 1. The van der Waals surface area contributed by atoms with Gasteiger partial charge in [-0.05, 0) is 50.8 Å². The SMILES string of the molecule is CNC(c1ccc(C)cc1C)C1CCOC2(CCOC2)C1. The summed E-state index contributed by atoms with van der Waals surface area (Å²) in [4.78, 5) is 0. The third-order valence-electron chi connectivity index (χ3n) is 5.14. The molecule has 2 aliphatic heterocycles. The Morgan fingerprint density at radius 1 is 1.29 bits per heavy atom. The quantitative estimate of drug-likeness (QED) is 0.927. The Balaban J connectivity index is 1.82. The third-order valence-corrected chi connectivity index (χ3v) is 5.14. The maximum Gasteiger partial charge on any atom is 0.0940 e. The van der Waals surface area contributed by atoms with Gasteiger partial charge < -0.3 is 14.8 Å². The lowest BCUT2D eigenvalue weighted by atomic mass is 9.78. The molecule has 0 saturated carbocycles. The second-order valence-corrected chi connectivity index (χ2v) is 6.71. The van der Waals surface area contributed by atoms with Crippen LogP contribution in [-0.2, 0) is 9.47 Å². The van der Waals surface area contributed by atoms with Crippen molar-refractivity contribution in [3.05, 3.63) is 34.9 Å². The molecule has 2 heterocycles. The first-order chi connectivity index (χ1) is 10.1. The zero-order chi connectivity index (χ0) is 14.9. The number of aryl methyl sites for hydroxylation is 2. The number of nitrogens with one attached hydrogen (secondary N) is 1. The Labute approximate surface area is 128 Å². The topological polar surface area (TPSA) is 30.5 Å². The molecule has 3 atom stereocenters. The summed E-state index contributed by atoms with van der Waals surface area (Å²) in [6.07, 6.45) is 3.28. The van der Waals surface area contributed by atoms with Crippen molar-refractivity contribution in [3.63, 3.8) is 0 Å². The Morgan fingerprint density at radius 2 is 2.14 bits per heavy atom. The highest BCUT2D eigenvalue weighted by Gasteiger charge is 2.43. The van der Waals surface area contributed by atoms with Crippen LogP contribution >= 0.6 is 0 Å². The van der Waals surface area contributed by atoms with Crippen LogP contribution in [0.2, 0.25) is 0 Å². The fourth-order valence-electron chi connectivity index (χ4n) is 4.03. The van der Waals surface area contributed by atoms with Crippen LogP contribution in [0.3, 0.4) is 0 Å². The molecular formula is C18H27NO2. The van der Waals surface area contributed by atoms with Crippen molar-refractivity contribution in [1.82, 2.24) is 5.32 Å². The van der Waals surface area contributed by atoms with Crippen LogP contribution in [-0.4, -0.2) is 32.5 Å². The van der Waals surface area contributed by atoms with Gasteiger partial charge in [-0.25, -0.2) is 0 Å². The summed E-state index contributed by atoms with van der Waals surface area (Å²) in [5.41, 5.74) is 4.14. The van der Waals surface area contributed by atoms with E-state index in [0.717, 1.165) is 39.1 Å². The van der Waals surface area contributed by atoms with Crippen molar-refractivity contribution in [1.29, 1.82) is 0 Å². The number of ether oxygens (including phenoxy) is 2. The zero-order valence-electron chi connectivity index (χ0n) is 13.4. The molecule has 21 heavy (non-hydrogen) atoms. The van der Waals surface area contributed by atoms with Crippen molar-refractivity contribution < 1.29 is 9.47 Å². The molecular weight excluding hydrogens is 262 g/mol. The minimum Gasteiger partial charge on any atom is -0.378 e. The standard InChI is InChI=1S/C18H27NO2/c1-13-4-5-16(14(2)10-13)17(19-3)15-6-8-21-18(11-15)7-9-20-12-18/h4-5,10,15,17,19H,6-9,11-12H2,1-3H3. The predicted octanol–water partition coefficient (Wildman–Crippen LogP) is 3.15. The van der Waals surface area contributed by atoms with Gasteiger partial charge in [0.25, 0.3) is 0 Å². The maximum atomic E-state index is 6.08. The molecule has 0 radical (unpaired) electrons. The summed E-state index contributed by atoms with van der Waals surface area (Å²) in [5.74, 6) is 0.617. The van der Waals surface area contributed by atoms with E-state index in [-0.39, 0.29) is 5.60 Å². The largest absolute Gasteiger partial charge is 0.378 e. The molecule has 0 bridgehead atoms. The number of hydrogen-bond acceptors (Lipinski definition) is 3. The van der Waals surface area contributed by atoms with Crippen LogP contribution in [0.15, 0.2) is 18.2 Å². The molecule has 2 aliphatic rings. The molecule has 0 amide bonds. The van der Waals surface area contributed by atoms with Gasteiger partial charge in [-0.2, -0.15) is 0 Å². The van der Waals surface area contributed by atoms with Gasteiger partial charge in [-0.3, -0.25) is 0 Å². The van der Waals surface area contributed by atoms with Gasteiger partial charge in [0.2, 0.25) is 0 Å². The van der Waals surface area contributed by atoms with E-state index in [4.69, 9.17) is 9.47 Å². The first kappa shape index (κ1) is 15.0. The minimum atomic E-state index is -0.0172. The average molecular weight is 289 g/mol. The van der Waals surface area contributed by atoms with Crippen molar-refractivity contribution in [2.24, 2.45) is 5.92 Å². The van der Waals surface area contributed by atoms with Gasteiger partial charge in [0, 0.05) is 25.7 Å². The van der Waals surface area contributed by atoms with Crippen LogP contribution in [0.25, 0.3) is 0 Å². The first-order valence-corrected chi connectivity index (χ1v) is 8.10. The van der Waals surface area contributed by atoms with E-state index in [2.05, 4.69) is 44.4 Å². The Kier molecular flexibility index (Phi) is 4.34. The molecule has 0 aliphatic carbocycles. The summed E-state index contributed by atoms with van der Waals surface area (Å²) in [5, 5.41) is 3.56. The van der Waals surface area contributed by atoms with E-state index in [1.165, 1.54) is 16.7 Å². The summed E-state index contributed by atoms with van der Waals surface area (Å²) in [7, 11) is 2.08. The number of rotatable bonds is 3. The molecule has 116 valence electrons. The molecule has 2 saturated heterocycles. The maximum absolute atomic E-state index is 6.08. The predicted molar refractivity (Wildman–Crippen MR) is 84.6 cm³/mol. The van der Waals surface area contributed by atoms with E-state index < -0.39 is 0 Å². The van der Waals surface area contributed by atoms with Gasteiger partial charge in [0.1, 0.15) is 0 Å². The highest BCUT2D eigenvalue weighted by atomic mass is 16.6. The van der Waals surface area contributed by atoms with Gasteiger partial charge >= 0.3 is 0 Å². The second-order valence-electron chi connectivity index (χ2n) is 6.71. The van der Waals surface area contributed by atoms with Crippen LogP contribution in [0, 0.1) is 19.8 Å². The molecule has 0 aromatic heterocycles. The monoisotopic (exact) mass is 289 g/mol. The second kappa shape index (κ2) is 6.07. The molecule has 1 aromatic rings. The summed E-state index contributed by atoms with van der Waals surface area (Å²) < 4.78 is 11.7. The van der Waals surface area contributed by atoms with Crippen LogP contribution in [0.4, 0.5) is 0 Å². The van der Waals surface area contributed by atoms with Gasteiger partial charge in [0.05, 0.1) is 12.2 Å². The third kappa shape index (κ3) is 3.01. The lowest BCUT2D eigenvalue weighted by Gasteiger charge is -2.40. The smallest absolute Gasteiger partial charge is 0.0940 e. The molecule has 1 N–H and O–H groups in total. The van der Waals surface area contributed by atoms with E-state index in [1.807, 2.05) is 0 Å². The highest BCUT2D eigenvalue weighted by molar-refractivity contribution is 5.33. The van der Waals surface area contributed by atoms with Gasteiger partial charge in [-0.15, -0.1) is 0 Å². The highest BCUT2D eigenvalue weighted by Crippen LogP contribution is 2.41. The summed E-state index contributed by atoms with van der Waals surface area (Å²) >= 11 is 0.